The molecule has 156 valence electrons. The van der Waals surface area contributed by atoms with Crippen molar-refractivity contribution in [2.45, 2.75) is 32.1 Å². The van der Waals surface area contributed by atoms with Crippen LogP contribution < -0.4 is 10.1 Å². The van der Waals surface area contributed by atoms with E-state index in [9.17, 15) is 13.2 Å². The van der Waals surface area contributed by atoms with Gasteiger partial charge in [0.15, 0.2) is 0 Å². The van der Waals surface area contributed by atoms with Crippen molar-refractivity contribution in [2.24, 2.45) is 11.8 Å². The number of carbonyl (C=O) groups excluding carboxylic acids is 1. The summed E-state index contributed by atoms with van der Waals surface area (Å²) in [5, 5.41) is 2.80. The molecule has 1 heterocycles. The Morgan fingerprint density at radius 1 is 1.10 bits per heavy atom. The molecule has 0 radical (unpaired) electrons. The van der Waals surface area contributed by atoms with Gasteiger partial charge in [0.25, 0.3) is 5.91 Å². The first kappa shape index (κ1) is 21.3. The number of nitrogens with zero attached hydrogens (tertiary/aromatic N) is 1. The molecule has 2 atom stereocenters. The highest BCUT2D eigenvalue weighted by atomic mass is 32.2. The van der Waals surface area contributed by atoms with Crippen LogP contribution in [-0.4, -0.2) is 38.3 Å². The van der Waals surface area contributed by atoms with E-state index >= 15 is 0 Å². The van der Waals surface area contributed by atoms with Crippen LogP contribution in [0.1, 0.15) is 37.6 Å². The lowest BCUT2D eigenvalue weighted by Crippen LogP contribution is -2.42. The second-order valence-corrected chi connectivity index (χ2v) is 9.65. The summed E-state index contributed by atoms with van der Waals surface area (Å²) in [6.07, 6.45) is 1.02. The van der Waals surface area contributed by atoms with Crippen molar-refractivity contribution in [1.82, 2.24) is 4.31 Å². The SMILES string of the molecule is CCOc1cccc(NC(=O)c2cccc(S(=O)(=O)N3CC(C)CC(C)C3)c2)c1. The van der Waals surface area contributed by atoms with E-state index < -0.39 is 10.0 Å². The summed E-state index contributed by atoms with van der Waals surface area (Å²) in [4.78, 5) is 12.8. The summed E-state index contributed by atoms with van der Waals surface area (Å²) in [5.74, 6) is 0.932. The Morgan fingerprint density at radius 3 is 2.48 bits per heavy atom. The summed E-state index contributed by atoms with van der Waals surface area (Å²) in [7, 11) is -3.64. The van der Waals surface area contributed by atoms with E-state index in [0.717, 1.165) is 6.42 Å². The molecule has 1 saturated heterocycles. The average Bonchev–Trinajstić information content (AvgIpc) is 2.68. The van der Waals surface area contributed by atoms with Gasteiger partial charge >= 0.3 is 0 Å². The van der Waals surface area contributed by atoms with E-state index in [1.54, 1.807) is 36.4 Å². The molecule has 1 aliphatic heterocycles. The number of hydrogen-bond acceptors (Lipinski definition) is 4. The zero-order valence-electron chi connectivity index (χ0n) is 17.1. The number of sulfonamides is 1. The molecule has 1 fully saturated rings. The fourth-order valence-electron chi connectivity index (χ4n) is 3.78. The minimum absolute atomic E-state index is 0.148. The molecule has 3 rings (SSSR count). The Labute approximate surface area is 172 Å². The summed E-state index contributed by atoms with van der Waals surface area (Å²) in [6.45, 7) is 7.57. The van der Waals surface area contributed by atoms with Gasteiger partial charge in [-0.05, 0) is 55.5 Å². The third kappa shape index (κ3) is 5.16. The maximum Gasteiger partial charge on any atom is 0.255 e. The highest BCUT2D eigenvalue weighted by Crippen LogP contribution is 2.27. The minimum Gasteiger partial charge on any atom is -0.494 e. The predicted octanol–water partition coefficient (Wildman–Crippen LogP) is 4.00. The molecule has 0 aliphatic carbocycles. The molecule has 0 spiro atoms. The molecule has 2 unspecified atom stereocenters. The second-order valence-electron chi connectivity index (χ2n) is 7.71. The normalized spacial score (nSPS) is 20.2. The van der Waals surface area contributed by atoms with Crippen LogP contribution in [0.2, 0.25) is 0 Å². The monoisotopic (exact) mass is 416 g/mol. The molecule has 1 amide bonds. The Balaban J connectivity index is 1.80. The van der Waals surface area contributed by atoms with Gasteiger partial charge in [0.1, 0.15) is 5.75 Å². The average molecular weight is 417 g/mol. The second kappa shape index (κ2) is 8.97. The number of amides is 1. The topological polar surface area (TPSA) is 75.7 Å². The summed E-state index contributed by atoms with van der Waals surface area (Å²) in [5.41, 5.74) is 0.888. The Morgan fingerprint density at radius 2 is 1.79 bits per heavy atom. The van der Waals surface area contributed by atoms with Crippen LogP contribution in [0.25, 0.3) is 0 Å². The van der Waals surface area contributed by atoms with Crippen LogP contribution in [0.15, 0.2) is 53.4 Å². The number of carbonyl (C=O) groups is 1. The number of rotatable bonds is 6. The molecule has 29 heavy (non-hydrogen) atoms. The lowest BCUT2D eigenvalue weighted by atomic mass is 9.94. The molecule has 0 saturated carbocycles. The third-order valence-electron chi connectivity index (χ3n) is 4.97. The van der Waals surface area contributed by atoms with E-state index in [1.807, 2.05) is 13.0 Å². The van der Waals surface area contributed by atoms with Crippen molar-refractivity contribution < 1.29 is 17.9 Å². The first-order chi connectivity index (χ1) is 13.8. The lowest BCUT2D eigenvalue weighted by molar-refractivity contribution is 0.102. The number of ether oxygens (including phenoxy) is 1. The summed E-state index contributed by atoms with van der Waals surface area (Å²) in [6, 6.07) is 13.3. The first-order valence-electron chi connectivity index (χ1n) is 9.94. The van der Waals surface area contributed by atoms with Gasteiger partial charge in [-0.3, -0.25) is 4.79 Å². The van der Waals surface area contributed by atoms with Gasteiger partial charge < -0.3 is 10.1 Å². The van der Waals surface area contributed by atoms with Gasteiger partial charge in [0, 0.05) is 30.4 Å². The molecule has 1 aliphatic rings. The van der Waals surface area contributed by atoms with Crippen molar-refractivity contribution in [2.75, 3.05) is 25.0 Å². The van der Waals surface area contributed by atoms with E-state index in [2.05, 4.69) is 19.2 Å². The highest BCUT2D eigenvalue weighted by Gasteiger charge is 2.31. The van der Waals surface area contributed by atoms with Crippen molar-refractivity contribution in [3.8, 4) is 5.75 Å². The van der Waals surface area contributed by atoms with Crippen LogP contribution in [0, 0.1) is 11.8 Å². The van der Waals surface area contributed by atoms with Crippen molar-refractivity contribution in [3.05, 3.63) is 54.1 Å². The molecule has 2 aromatic carbocycles. The molecule has 0 aromatic heterocycles. The van der Waals surface area contributed by atoms with E-state index in [-0.39, 0.29) is 10.8 Å². The van der Waals surface area contributed by atoms with E-state index in [4.69, 9.17) is 4.74 Å². The van der Waals surface area contributed by atoms with Crippen LogP contribution >= 0.6 is 0 Å². The van der Waals surface area contributed by atoms with Crippen molar-refractivity contribution >= 4 is 21.6 Å². The quantitative estimate of drug-likeness (QED) is 0.772. The van der Waals surface area contributed by atoms with Gasteiger partial charge in [-0.15, -0.1) is 0 Å². The number of anilines is 1. The van der Waals surface area contributed by atoms with Crippen LogP contribution in [0.4, 0.5) is 5.69 Å². The smallest absolute Gasteiger partial charge is 0.255 e. The van der Waals surface area contributed by atoms with Gasteiger partial charge in [-0.25, -0.2) is 8.42 Å². The van der Waals surface area contributed by atoms with Gasteiger partial charge in [0.2, 0.25) is 10.0 Å². The third-order valence-corrected chi connectivity index (χ3v) is 6.80. The molecule has 1 N–H and O–H groups in total. The lowest BCUT2D eigenvalue weighted by Gasteiger charge is -2.34. The Hall–Kier alpha value is -2.38. The van der Waals surface area contributed by atoms with Gasteiger partial charge in [-0.1, -0.05) is 26.0 Å². The van der Waals surface area contributed by atoms with Crippen LogP contribution in [0.3, 0.4) is 0 Å². The Kier molecular flexibility index (Phi) is 6.59. The van der Waals surface area contributed by atoms with E-state index in [0.29, 0.717) is 48.5 Å². The summed E-state index contributed by atoms with van der Waals surface area (Å²) >= 11 is 0. The number of piperidine rings is 1. The van der Waals surface area contributed by atoms with Crippen LogP contribution in [-0.2, 0) is 10.0 Å². The fourth-order valence-corrected chi connectivity index (χ4v) is 5.51. The standard InChI is InChI=1S/C22H28N2O4S/c1-4-28-20-9-6-8-19(13-20)23-22(25)18-7-5-10-21(12-18)29(26,27)24-14-16(2)11-17(3)15-24/h5-10,12-13,16-17H,4,11,14-15H2,1-3H3,(H,23,25). The maximum atomic E-state index is 13.1. The fraction of sp³-hybridized carbons (Fsp3) is 0.409. The highest BCUT2D eigenvalue weighted by molar-refractivity contribution is 7.89. The molecule has 6 nitrogen and oxygen atoms in total. The van der Waals surface area contributed by atoms with Crippen molar-refractivity contribution in [3.63, 3.8) is 0 Å². The Bertz CT molecular complexity index is 964. The largest absolute Gasteiger partial charge is 0.494 e. The minimum atomic E-state index is -3.64. The van der Waals surface area contributed by atoms with Gasteiger partial charge in [0.05, 0.1) is 11.5 Å². The van der Waals surface area contributed by atoms with E-state index in [1.165, 1.54) is 10.4 Å². The first-order valence-corrected chi connectivity index (χ1v) is 11.4. The molecular weight excluding hydrogens is 388 g/mol. The summed E-state index contributed by atoms with van der Waals surface area (Å²) < 4.78 is 33.2. The molecule has 7 heteroatoms. The maximum absolute atomic E-state index is 13.1. The molecule has 2 aromatic rings. The predicted molar refractivity (Wildman–Crippen MR) is 114 cm³/mol. The van der Waals surface area contributed by atoms with Crippen LogP contribution in [0.5, 0.6) is 5.75 Å². The van der Waals surface area contributed by atoms with Crippen molar-refractivity contribution in [1.29, 1.82) is 0 Å². The zero-order valence-corrected chi connectivity index (χ0v) is 17.9. The zero-order chi connectivity index (χ0) is 21.0. The molecular formula is C22H28N2O4S. The number of benzene rings is 2. The number of nitrogens with one attached hydrogen (secondary N) is 1. The molecule has 0 bridgehead atoms. The number of hydrogen-bond donors (Lipinski definition) is 1. The van der Waals surface area contributed by atoms with Gasteiger partial charge in [-0.2, -0.15) is 4.31 Å².